The van der Waals surface area contributed by atoms with Crippen molar-refractivity contribution in [2.24, 2.45) is 11.8 Å². The molecule has 1 saturated carbocycles. The third-order valence-electron chi connectivity index (χ3n) is 4.11. The highest BCUT2D eigenvalue weighted by atomic mass is 14.9. The molecule has 3 atom stereocenters. The van der Waals surface area contributed by atoms with Gasteiger partial charge in [-0.2, -0.15) is 0 Å². The lowest BCUT2D eigenvalue weighted by molar-refractivity contribution is 0.172. The molecule has 0 aromatic heterocycles. The molecule has 1 heteroatoms. The van der Waals surface area contributed by atoms with E-state index in [4.69, 9.17) is 0 Å². The van der Waals surface area contributed by atoms with Crippen LogP contribution in [0.5, 0.6) is 0 Å². The van der Waals surface area contributed by atoms with E-state index in [1.165, 1.54) is 51.5 Å². The van der Waals surface area contributed by atoms with Crippen LogP contribution in [-0.2, 0) is 0 Å². The maximum atomic E-state index is 3.75. The van der Waals surface area contributed by atoms with Crippen molar-refractivity contribution in [2.75, 3.05) is 6.54 Å². The molecular formula is C14H29N. The summed E-state index contributed by atoms with van der Waals surface area (Å²) in [5, 5.41) is 3.75. The quantitative estimate of drug-likeness (QED) is 0.700. The summed E-state index contributed by atoms with van der Waals surface area (Å²) in [4.78, 5) is 0. The van der Waals surface area contributed by atoms with Gasteiger partial charge in [0.15, 0.2) is 0 Å². The summed E-state index contributed by atoms with van der Waals surface area (Å²) in [7, 11) is 0. The monoisotopic (exact) mass is 211 g/mol. The predicted molar refractivity (Wildman–Crippen MR) is 68.1 cm³/mol. The van der Waals surface area contributed by atoms with Crippen LogP contribution >= 0.6 is 0 Å². The highest BCUT2D eigenvalue weighted by Gasteiger charge is 2.29. The molecule has 0 saturated heterocycles. The van der Waals surface area contributed by atoms with Crippen LogP contribution in [0.15, 0.2) is 0 Å². The minimum Gasteiger partial charge on any atom is -0.314 e. The first-order chi connectivity index (χ1) is 7.33. The van der Waals surface area contributed by atoms with E-state index in [0.29, 0.717) is 0 Å². The van der Waals surface area contributed by atoms with Crippen LogP contribution in [0.1, 0.15) is 65.7 Å². The lowest BCUT2D eigenvalue weighted by Crippen LogP contribution is -2.41. The van der Waals surface area contributed by atoms with Gasteiger partial charge in [0.1, 0.15) is 0 Å². The zero-order valence-electron chi connectivity index (χ0n) is 10.9. The fourth-order valence-corrected chi connectivity index (χ4v) is 3.20. The molecule has 3 unspecified atom stereocenters. The molecule has 0 aliphatic heterocycles. The molecule has 90 valence electrons. The molecule has 0 aromatic carbocycles. The molecule has 1 aliphatic rings. The molecule has 0 amide bonds. The average Bonchev–Trinajstić information content (AvgIpc) is 2.30. The first kappa shape index (κ1) is 13.0. The molecule has 1 fully saturated rings. The second-order valence-corrected chi connectivity index (χ2v) is 5.09. The summed E-state index contributed by atoms with van der Waals surface area (Å²) in [6.45, 7) is 8.17. The van der Waals surface area contributed by atoms with Gasteiger partial charge < -0.3 is 5.32 Å². The van der Waals surface area contributed by atoms with Crippen molar-refractivity contribution in [1.82, 2.24) is 5.32 Å². The van der Waals surface area contributed by atoms with Crippen molar-refractivity contribution in [1.29, 1.82) is 0 Å². The molecule has 0 spiro atoms. The second kappa shape index (κ2) is 7.27. The summed E-state index contributed by atoms with van der Waals surface area (Å²) >= 11 is 0. The number of rotatable bonds is 6. The number of nitrogens with one attached hydrogen (secondary N) is 1. The Morgan fingerprint density at radius 1 is 1.13 bits per heavy atom. The average molecular weight is 211 g/mol. The van der Waals surface area contributed by atoms with E-state index >= 15 is 0 Å². The van der Waals surface area contributed by atoms with Gasteiger partial charge in [-0.15, -0.1) is 0 Å². The minimum atomic E-state index is 0.787. The van der Waals surface area contributed by atoms with Gasteiger partial charge in [0.05, 0.1) is 0 Å². The van der Waals surface area contributed by atoms with Gasteiger partial charge in [-0.3, -0.25) is 0 Å². The number of hydrogen-bond donors (Lipinski definition) is 1. The maximum absolute atomic E-state index is 3.75. The van der Waals surface area contributed by atoms with Crippen LogP contribution in [-0.4, -0.2) is 12.6 Å². The van der Waals surface area contributed by atoms with Crippen molar-refractivity contribution in [3.8, 4) is 0 Å². The van der Waals surface area contributed by atoms with Crippen LogP contribution in [0.4, 0.5) is 0 Å². The van der Waals surface area contributed by atoms with Crippen molar-refractivity contribution in [2.45, 2.75) is 71.8 Å². The van der Waals surface area contributed by atoms with E-state index in [0.717, 1.165) is 17.9 Å². The SMILES string of the molecule is CCCNC(CC)C1CCCCC1CC. The van der Waals surface area contributed by atoms with E-state index in [1.54, 1.807) is 0 Å². The van der Waals surface area contributed by atoms with Crippen molar-refractivity contribution in [3.63, 3.8) is 0 Å². The minimum absolute atomic E-state index is 0.787. The zero-order chi connectivity index (χ0) is 11.1. The molecule has 1 N–H and O–H groups in total. The summed E-state index contributed by atoms with van der Waals surface area (Å²) in [5.74, 6) is 1.95. The summed E-state index contributed by atoms with van der Waals surface area (Å²) in [6.07, 6.45) is 9.83. The Bertz CT molecular complexity index is 155. The lowest BCUT2D eigenvalue weighted by Gasteiger charge is -2.37. The Morgan fingerprint density at radius 2 is 1.87 bits per heavy atom. The Kier molecular flexibility index (Phi) is 6.31. The number of hydrogen-bond acceptors (Lipinski definition) is 1. The highest BCUT2D eigenvalue weighted by Crippen LogP contribution is 2.35. The van der Waals surface area contributed by atoms with Gasteiger partial charge in [0.25, 0.3) is 0 Å². The second-order valence-electron chi connectivity index (χ2n) is 5.09. The molecule has 0 heterocycles. The van der Waals surface area contributed by atoms with Crippen LogP contribution in [0.25, 0.3) is 0 Å². The largest absolute Gasteiger partial charge is 0.314 e. The topological polar surface area (TPSA) is 12.0 Å². The zero-order valence-corrected chi connectivity index (χ0v) is 10.9. The molecule has 1 aliphatic carbocycles. The summed E-state index contributed by atoms with van der Waals surface area (Å²) in [5.41, 5.74) is 0. The third kappa shape index (κ3) is 3.79. The van der Waals surface area contributed by atoms with Gasteiger partial charge in [-0.25, -0.2) is 0 Å². The van der Waals surface area contributed by atoms with Gasteiger partial charge >= 0.3 is 0 Å². The normalized spacial score (nSPS) is 29.0. The van der Waals surface area contributed by atoms with Crippen LogP contribution in [0, 0.1) is 11.8 Å². The smallest absolute Gasteiger partial charge is 0.00953 e. The summed E-state index contributed by atoms with van der Waals surface area (Å²) in [6, 6.07) is 0.787. The van der Waals surface area contributed by atoms with Crippen molar-refractivity contribution >= 4 is 0 Å². The van der Waals surface area contributed by atoms with Gasteiger partial charge in [-0.05, 0) is 37.6 Å². The van der Waals surface area contributed by atoms with E-state index in [9.17, 15) is 0 Å². The van der Waals surface area contributed by atoms with E-state index in [1.807, 2.05) is 0 Å². The van der Waals surface area contributed by atoms with Gasteiger partial charge in [0, 0.05) is 6.04 Å². The molecule has 0 radical (unpaired) electrons. The van der Waals surface area contributed by atoms with Gasteiger partial charge in [0.2, 0.25) is 0 Å². The fourth-order valence-electron chi connectivity index (χ4n) is 3.20. The van der Waals surface area contributed by atoms with Crippen LogP contribution in [0.3, 0.4) is 0 Å². The molecule has 1 rings (SSSR count). The Labute approximate surface area is 96.0 Å². The van der Waals surface area contributed by atoms with Crippen LogP contribution in [0.2, 0.25) is 0 Å². The Balaban J connectivity index is 2.47. The predicted octanol–water partition coefficient (Wildman–Crippen LogP) is 3.98. The van der Waals surface area contributed by atoms with Gasteiger partial charge in [-0.1, -0.05) is 46.5 Å². The molecular weight excluding hydrogens is 182 g/mol. The Hall–Kier alpha value is -0.0400. The Morgan fingerprint density at radius 3 is 2.47 bits per heavy atom. The molecule has 15 heavy (non-hydrogen) atoms. The van der Waals surface area contributed by atoms with Crippen molar-refractivity contribution < 1.29 is 0 Å². The summed E-state index contributed by atoms with van der Waals surface area (Å²) < 4.78 is 0. The molecule has 0 aromatic rings. The lowest BCUT2D eigenvalue weighted by atomic mass is 9.73. The highest BCUT2D eigenvalue weighted by molar-refractivity contribution is 4.83. The van der Waals surface area contributed by atoms with E-state index < -0.39 is 0 Å². The third-order valence-corrected chi connectivity index (χ3v) is 4.11. The van der Waals surface area contributed by atoms with Crippen LogP contribution < -0.4 is 5.32 Å². The fraction of sp³-hybridized carbons (Fsp3) is 1.00. The molecule has 1 nitrogen and oxygen atoms in total. The maximum Gasteiger partial charge on any atom is 0.00953 e. The van der Waals surface area contributed by atoms with Crippen molar-refractivity contribution in [3.05, 3.63) is 0 Å². The van der Waals surface area contributed by atoms with E-state index in [2.05, 4.69) is 26.1 Å². The first-order valence-electron chi connectivity index (χ1n) is 7.06. The standard InChI is InChI=1S/C14H29N/c1-4-11-15-14(6-3)13-10-8-7-9-12(13)5-2/h12-15H,4-11H2,1-3H3. The molecule has 0 bridgehead atoms. The first-order valence-corrected chi connectivity index (χ1v) is 7.06. The van der Waals surface area contributed by atoms with E-state index in [-0.39, 0.29) is 0 Å².